The smallest absolute Gasteiger partial charge is 0.261 e. The monoisotopic (exact) mass is 436 g/mol. The molecule has 2 heterocycles. The minimum Gasteiger partial charge on any atom is -0.370 e. The van der Waals surface area contributed by atoms with Gasteiger partial charge in [0.25, 0.3) is 11.5 Å². The molecule has 2 amide bonds. The third-order valence-corrected chi connectivity index (χ3v) is 6.35. The predicted molar refractivity (Wildman–Crippen MR) is 122 cm³/mol. The average Bonchev–Trinajstić information content (AvgIpc) is 2.73. The number of hydrogen-bond donors (Lipinski definition) is 3. The molecule has 2 aliphatic rings. The first-order chi connectivity index (χ1) is 15.1. The van der Waals surface area contributed by atoms with Crippen molar-refractivity contribution < 1.29 is 14.4 Å². The van der Waals surface area contributed by atoms with E-state index in [1.54, 1.807) is 12.1 Å². The van der Waals surface area contributed by atoms with Crippen LogP contribution in [0.3, 0.4) is 0 Å². The van der Waals surface area contributed by atoms with Gasteiger partial charge in [-0.25, -0.2) is 0 Å². The van der Waals surface area contributed by atoms with Crippen molar-refractivity contribution in [2.24, 2.45) is 17.1 Å². The fourth-order valence-corrected chi connectivity index (χ4v) is 4.65. The number of rotatable bonds is 4. The van der Waals surface area contributed by atoms with Crippen LogP contribution >= 0.6 is 0 Å². The molecule has 32 heavy (non-hydrogen) atoms. The van der Waals surface area contributed by atoms with E-state index < -0.39 is 11.5 Å². The van der Waals surface area contributed by atoms with Crippen LogP contribution < -0.4 is 21.5 Å². The number of Topliss-reactive ketones (excluding diaryl/α,β-unsaturated/α-hetero) is 1. The van der Waals surface area contributed by atoms with Crippen molar-refractivity contribution >= 4 is 29.0 Å². The second-order valence-corrected chi connectivity index (χ2v) is 9.48. The minimum atomic E-state index is -0.564. The molecular weight excluding hydrogens is 408 g/mol. The summed E-state index contributed by atoms with van der Waals surface area (Å²) < 4.78 is 0. The summed E-state index contributed by atoms with van der Waals surface area (Å²) >= 11 is 0. The summed E-state index contributed by atoms with van der Waals surface area (Å²) in [6.07, 6.45) is 2.26. The fourth-order valence-electron chi connectivity index (χ4n) is 4.65. The van der Waals surface area contributed by atoms with Crippen LogP contribution in [-0.2, 0) is 11.2 Å². The summed E-state index contributed by atoms with van der Waals surface area (Å²) in [6, 6.07) is 8.76. The molecule has 168 valence electrons. The zero-order valence-electron chi connectivity index (χ0n) is 18.4. The Morgan fingerprint density at radius 3 is 2.50 bits per heavy atom. The lowest BCUT2D eigenvalue weighted by Gasteiger charge is -2.33. The minimum absolute atomic E-state index is 0.0701. The molecule has 0 radical (unpaired) electrons. The summed E-state index contributed by atoms with van der Waals surface area (Å²) in [5.41, 5.74) is 7.00. The van der Waals surface area contributed by atoms with Gasteiger partial charge in [0.1, 0.15) is 5.56 Å². The number of benzene rings is 1. The number of ketones is 1. The first-order valence-corrected chi connectivity index (χ1v) is 10.9. The van der Waals surface area contributed by atoms with E-state index in [9.17, 15) is 19.2 Å². The molecule has 1 aliphatic heterocycles. The summed E-state index contributed by atoms with van der Waals surface area (Å²) in [5, 5.41) is 2.83. The summed E-state index contributed by atoms with van der Waals surface area (Å²) in [4.78, 5) is 54.5. The maximum absolute atomic E-state index is 13.0. The standard InChI is InChI=1S/C24H28N4O4/c1-24(2)12-18-15(20(29)13-24)11-16(23(32)27-18)22(31)26-17-5-3-4-6-19(17)28-9-7-14(8-10-28)21(25)30/h3-6,11,14H,7-10,12-13H2,1-2H3,(H2,25,30)(H,26,31)(H,27,32). The molecule has 2 aromatic rings. The quantitative estimate of drug-likeness (QED) is 0.679. The molecule has 1 aromatic carbocycles. The van der Waals surface area contributed by atoms with Crippen LogP contribution in [0.25, 0.3) is 0 Å². The Morgan fingerprint density at radius 2 is 1.81 bits per heavy atom. The topological polar surface area (TPSA) is 125 Å². The Labute approximate surface area is 186 Å². The third-order valence-electron chi connectivity index (χ3n) is 6.35. The number of carbonyl (C=O) groups is 3. The van der Waals surface area contributed by atoms with Gasteiger partial charge in [0, 0.05) is 36.7 Å². The number of pyridine rings is 1. The number of nitrogens with zero attached hydrogens (tertiary/aromatic N) is 1. The van der Waals surface area contributed by atoms with E-state index >= 15 is 0 Å². The number of piperidine rings is 1. The number of primary amides is 1. The van der Waals surface area contributed by atoms with Gasteiger partial charge >= 0.3 is 0 Å². The molecular formula is C24H28N4O4. The highest BCUT2D eigenvalue weighted by Gasteiger charge is 2.33. The van der Waals surface area contributed by atoms with Gasteiger partial charge in [0.15, 0.2) is 5.78 Å². The molecule has 8 heteroatoms. The molecule has 8 nitrogen and oxygen atoms in total. The van der Waals surface area contributed by atoms with E-state index in [0.29, 0.717) is 55.7 Å². The molecule has 0 bridgehead atoms. The van der Waals surface area contributed by atoms with Crippen molar-refractivity contribution in [1.29, 1.82) is 0 Å². The van der Waals surface area contributed by atoms with Gasteiger partial charge in [0.2, 0.25) is 5.91 Å². The van der Waals surface area contributed by atoms with Crippen molar-refractivity contribution in [2.45, 2.75) is 39.5 Å². The number of aromatic amines is 1. The van der Waals surface area contributed by atoms with E-state index in [-0.39, 0.29) is 28.6 Å². The lowest BCUT2D eigenvalue weighted by atomic mass is 9.75. The normalized spacial score (nSPS) is 18.2. The highest BCUT2D eigenvalue weighted by Crippen LogP contribution is 2.34. The Kier molecular flexibility index (Phi) is 5.62. The zero-order chi connectivity index (χ0) is 23.0. The Balaban J connectivity index is 1.57. The summed E-state index contributed by atoms with van der Waals surface area (Å²) in [6.45, 7) is 5.25. The number of fused-ring (bicyclic) bond motifs is 1. The first kappa shape index (κ1) is 21.8. The van der Waals surface area contributed by atoms with Gasteiger partial charge in [-0.15, -0.1) is 0 Å². The molecule has 0 atom stereocenters. The molecule has 0 saturated carbocycles. The van der Waals surface area contributed by atoms with Crippen molar-refractivity contribution in [1.82, 2.24) is 4.98 Å². The van der Waals surface area contributed by atoms with E-state index in [1.807, 2.05) is 26.0 Å². The molecule has 1 fully saturated rings. The zero-order valence-corrected chi connectivity index (χ0v) is 18.4. The maximum Gasteiger partial charge on any atom is 0.261 e. The lowest BCUT2D eigenvalue weighted by Crippen LogP contribution is -2.39. The Hall–Kier alpha value is -3.42. The number of aromatic nitrogens is 1. The van der Waals surface area contributed by atoms with Crippen LogP contribution in [0.1, 0.15) is 59.5 Å². The van der Waals surface area contributed by atoms with Crippen molar-refractivity contribution in [3.63, 3.8) is 0 Å². The number of hydrogen-bond acceptors (Lipinski definition) is 5. The van der Waals surface area contributed by atoms with Crippen LogP contribution in [0.2, 0.25) is 0 Å². The van der Waals surface area contributed by atoms with Gasteiger partial charge in [-0.1, -0.05) is 26.0 Å². The van der Waals surface area contributed by atoms with Gasteiger partial charge in [-0.05, 0) is 42.9 Å². The van der Waals surface area contributed by atoms with E-state index in [0.717, 1.165) is 5.69 Å². The molecule has 1 aromatic heterocycles. The van der Waals surface area contributed by atoms with Crippen molar-refractivity contribution in [3.05, 3.63) is 57.5 Å². The third kappa shape index (κ3) is 4.30. The number of anilines is 2. The number of nitrogens with two attached hydrogens (primary N) is 1. The van der Waals surface area contributed by atoms with Crippen LogP contribution in [0.5, 0.6) is 0 Å². The fraction of sp³-hybridized carbons (Fsp3) is 0.417. The molecule has 0 unspecified atom stereocenters. The number of H-pyrrole nitrogens is 1. The molecule has 1 aliphatic carbocycles. The summed E-state index contributed by atoms with van der Waals surface area (Å²) in [7, 11) is 0. The number of amides is 2. The predicted octanol–water partition coefficient (Wildman–Crippen LogP) is 2.48. The largest absolute Gasteiger partial charge is 0.370 e. The molecule has 0 spiro atoms. The van der Waals surface area contributed by atoms with Gasteiger partial charge in [0.05, 0.1) is 11.4 Å². The summed E-state index contributed by atoms with van der Waals surface area (Å²) in [5.74, 6) is -1.05. The van der Waals surface area contributed by atoms with Gasteiger partial charge in [-0.2, -0.15) is 0 Å². The number of nitrogens with one attached hydrogen (secondary N) is 2. The second kappa shape index (κ2) is 8.26. The van der Waals surface area contributed by atoms with E-state index in [2.05, 4.69) is 15.2 Å². The SMILES string of the molecule is CC1(C)CC(=O)c2cc(C(=O)Nc3ccccc3N3CCC(C(N)=O)CC3)c(=O)[nH]c2C1. The van der Waals surface area contributed by atoms with Crippen molar-refractivity contribution in [3.8, 4) is 0 Å². The van der Waals surface area contributed by atoms with E-state index in [4.69, 9.17) is 5.73 Å². The van der Waals surface area contributed by atoms with Crippen LogP contribution in [0, 0.1) is 11.3 Å². The maximum atomic E-state index is 13.0. The molecule has 4 N–H and O–H groups in total. The van der Waals surface area contributed by atoms with Crippen molar-refractivity contribution in [2.75, 3.05) is 23.3 Å². The number of carbonyl (C=O) groups excluding carboxylic acids is 3. The van der Waals surface area contributed by atoms with Gasteiger partial charge in [-0.3, -0.25) is 19.2 Å². The highest BCUT2D eigenvalue weighted by atomic mass is 16.2. The van der Waals surface area contributed by atoms with Crippen LogP contribution in [0.4, 0.5) is 11.4 Å². The highest BCUT2D eigenvalue weighted by molar-refractivity contribution is 6.08. The van der Waals surface area contributed by atoms with Crippen LogP contribution in [0.15, 0.2) is 35.1 Å². The first-order valence-electron chi connectivity index (χ1n) is 10.9. The van der Waals surface area contributed by atoms with Crippen LogP contribution in [-0.4, -0.2) is 35.7 Å². The van der Waals surface area contributed by atoms with Gasteiger partial charge < -0.3 is 20.9 Å². The molecule has 1 saturated heterocycles. The Bertz CT molecular complexity index is 1140. The molecule has 4 rings (SSSR count). The second-order valence-electron chi connectivity index (χ2n) is 9.48. The number of para-hydroxylation sites is 2. The van der Waals surface area contributed by atoms with E-state index in [1.165, 1.54) is 6.07 Å². The average molecular weight is 437 g/mol. The lowest BCUT2D eigenvalue weighted by molar-refractivity contribution is -0.122. The Morgan fingerprint density at radius 1 is 1.12 bits per heavy atom.